The quantitative estimate of drug-likeness (QED) is 0.739. The molecule has 0 aromatic heterocycles. The maximum atomic E-state index is 12.7. The molecule has 2 rings (SSSR count). The highest BCUT2D eigenvalue weighted by molar-refractivity contribution is 6.05. The van der Waals surface area contributed by atoms with Crippen molar-refractivity contribution in [3.8, 4) is 6.07 Å². The standard InChI is InChI=1S/C16H19NO/c1-10-8-11(2)13(4)14(12(10)3)15(18)16(9-17)6-5-7-16/h8H,5-7H2,1-4H3. The first-order valence-electron chi connectivity index (χ1n) is 6.46. The molecule has 0 aliphatic heterocycles. The highest BCUT2D eigenvalue weighted by Crippen LogP contribution is 2.44. The zero-order chi connectivity index (χ0) is 13.5. The van der Waals surface area contributed by atoms with E-state index in [9.17, 15) is 10.1 Å². The summed E-state index contributed by atoms with van der Waals surface area (Å²) in [6, 6.07) is 4.37. The molecule has 1 saturated carbocycles. The molecule has 0 amide bonds. The van der Waals surface area contributed by atoms with Gasteiger partial charge in [0.25, 0.3) is 0 Å². The zero-order valence-electron chi connectivity index (χ0n) is 11.6. The Labute approximate surface area is 109 Å². The Morgan fingerprint density at radius 3 is 2.00 bits per heavy atom. The average molecular weight is 241 g/mol. The molecule has 0 heterocycles. The van der Waals surface area contributed by atoms with Crippen LogP contribution in [0.25, 0.3) is 0 Å². The molecule has 18 heavy (non-hydrogen) atoms. The van der Waals surface area contributed by atoms with Gasteiger partial charge in [0.2, 0.25) is 0 Å². The summed E-state index contributed by atoms with van der Waals surface area (Å²) in [5.74, 6) is 0.0399. The van der Waals surface area contributed by atoms with Gasteiger partial charge in [0.05, 0.1) is 6.07 Å². The predicted octanol–water partition coefficient (Wildman–Crippen LogP) is 3.80. The SMILES string of the molecule is Cc1cc(C)c(C)c(C(=O)C2(C#N)CCC2)c1C. The Morgan fingerprint density at radius 1 is 1.17 bits per heavy atom. The van der Waals surface area contributed by atoms with Crippen LogP contribution in [0.1, 0.15) is 51.9 Å². The second kappa shape index (κ2) is 4.24. The van der Waals surface area contributed by atoms with Gasteiger partial charge in [-0.05, 0) is 69.2 Å². The number of aryl methyl sites for hydroxylation is 2. The molecule has 2 nitrogen and oxygen atoms in total. The van der Waals surface area contributed by atoms with E-state index < -0.39 is 5.41 Å². The molecule has 0 unspecified atom stereocenters. The van der Waals surface area contributed by atoms with E-state index in [-0.39, 0.29) is 5.78 Å². The van der Waals surface area contributed by atoms with Gasteiger partial charge in [-0.15, -0.1) is 0 Å². The number of ketones is 1. The third-order valence-electron chi connectivity index (χ3n) is 4.45. The second-order valence-corrected chi connectivity index (χ2v) is 5.51. The van der Waals surface area contributed by atoms with Crippen molar-refractivity contribution >= 4 is 5.78 Å². The van der Waals surface area contributed by atoms with Crippen LogP contribution in [0.15, 0.2) is 6.07 Å². The number of nitriles is 1. The molecule has 2 heteroatoms. The van der Waals surface area contributed by atoms with Crippen LogP contribution in [-0.4, -0.2) is 5.78 Å². The molecule has 1 fully saturated rings. The maximum absolute atomic E-state index is 12.7. The Bertz CT molecular complexity index is 533. The lowest BCUT2D eigenvalue weighted by Gasteiger charge is -2.34. The van der Waals surface area contributed by atoms with Gasteiger partial charge in [-0.1, -0.05) is 6.07 Å². The number of rotatable bonds is 2. The van der Waals surface area contributed by atoms with Gasteiger partial charge >= 0.3 is 0 Å². The van der Waals surface area contributed by atoms with E-state index in [1.54, 1.807) is 0 Å². The molecular formula is C16H19NO. The fourth-order valence-electron chi connectivity index (χ4n) is 2.72. The van der Waals surface area contributed by atoms with Crippen molar-refractivity contribution in [1.82, 2.24) is 0 Å². The molecule has 0 N–H and O–H groups in total. The van der Waals surface area contributed by atoms with Crippen molar-refractivity contribution in [3.63, 3.8) is 0 Å². The minimum absolute atomic E-state index is 0.0399. The number of benzene rings is 1. The summed E-state index contributed by atoms with van der Waals surface area (Å²) in [6.07, 6.45) is 2.42. The molecule has 1 aromatic rings. The molecule has 0 spiro atoms. The van der Waals surface area contributed by atoms with Gasteiger partial charge < -0.3 is 0 Å². The number of hydrogen-bond donors (Lipinski definition) is 0. The highest BCUT2D eigenvalue weighted by atomic mass is 16.1. The van der Waals surface area contributed by atoms with Crippen LogP contribution in [0.4, 0.5) is 0 Å². The molecule has 0 radical (unpaired) electrons. The van der Waals surface area contributed by atoms with Gasteiger partial charge in [0.1, 0.15) is 5.41 Å². The fraction of sp³-hybridized carbons (Fsp3) is 0.500. The Morgan fingerprint density at radius 2 is 1.67 bits per heavy atom. The highest BCUT2D eigenvalue weighted by Gasteiger charge is 2.45. The van der Waals surface area contributed by atoms with E-state index in [0.29, 0.717) is 12.8 Å². The summed E-state index contributed by atoms with van der Waals surface area (Å²) in [5.41, 5.74) is 4.38. The Hall–Kier alpha value is -1.62. The zero-order valence-corrected chi connectivity index (χ0v) is 11.6. The lowest BCUT2D eigenvalue weighted by Crippen LogP contribution is -2.37. The van der Waals surface area contributed by atoms with E-state index in [0.717, 1.165) is 34.2 Å². The summed E-state index contributed by atoms with van der Waals surface area (Å²) < 4.78 is 0. The molecule has 1 aliphatic rings. The van der Waals surface area contributed by atoms with Gasteiger partial charge in [0, 0.05) is 5.56 Å². The van der Waals surface area contributed by atoms with Gasteiger partial charge in [-0.2, -0.15) is 5.26 Å². The molecule has 0 saturated heterocycles. The van der Waals surface area contributed by atoms with Crippen LogP contribution in [0.3, 0.4) is 0 Å². The van der Waals surface area contributed by atoms with Crippen molar-refractivity contribution in [3.05, 3.63) is 33.9 Å². The van der Waals surface area contributed by atoms with Crippen molar-refractivity contribution in [2.75, 3.05) is 0 Å². The smallest absolute Gasteiger partial charge is 0.183 e. The topological polar surface area (TPSA) is 40.9 Å². The molecule has 1 aliphatic carbocycles. The van der Waals surface area contributed by atoms with Crippen LogP contribution in [0.5, 0.6) is 0 Å². The van der Waals surface area contributed by atoms with Crippen molar-refractivity contribution < 1.29 is 4.79 Å². The summed E-state index contributed by atoms with van der Waals surface area (Å²) >= 11 is 0. The molecule has 94 valence electrons. The van der Waals surface area contributed by atoms with Crippen LogP contribution < -0.4 is 0 Å². The summed E-state index contributed by atoms with van der Waals surface area (Å²) in [6.45, 7) is 8.02. The maximum Gasteiger partial charge on any atom is 0.183 e. The molecule has 0 bridgehead atoms. The minimum atomic E-state index is -0.740. The number of hydrogen-bond acceptors (Lipinski definition) is 2. The van der Waals surface area contributed by atoms with Gasteiger partial charge in [-0.25, -0.2) is 0 Å². The van der Waals surface area contributed by atoms with E-state index >= 15 is 0 Å². The first-order valence-corrected chi connectivity index (χ1v) is 6.46. The Balaban J connectivity index is 2.59. The Kier molecular flexibility index (Phi) is 3.02. The van der Waals surface area contributed by atoms with Crippen LogP contribution >= 0.6 is 0 Å². The number of Topliss-reactive ketones (excluding diaryl/α,β-unsaturated/α-hetero) is 1. The van der Waals surface area contributed by atoms with E-state index in [1.807, 2.05) is 27.7 Å². The normalized spacial score (nSPS) is 16.8. The van der Waals surface area contributed by atoms with Crippen molar-refractivity contribution in [1.29, 1.82) is 5.26 Å². The van der Waals surface area contributed by atoms with E-state index in [2.05, 4.69) is 12.1 Å². The average Bonchev–Trinajstić information content (AvgIpc) is 2.26. The first-order chi connectivity index (χ1) is 8.43. The third-order valence-corrected chi connectivity index (χ3v) is 4.45. The predicted molar refractivity (Wildman–Crippen MR) is 71.6 cm³/mol. The monoisotopic (exact) mass is 241 g/mol. The summed E-state index contributed by atoms with van der Waals surface area (Å²) in [7, 11) is 0. The number of nitrogens with zero attached hydrogens (tertiary/aromatic N) is 1. The van der Waals surface area contributed by atoms with Crippen LogP contribution in [0.2, 0.25) is 0 Å². The lowest BCUT2D eigenvalue weighted by molar-refractivity contribution is 0.0747. The van der Waals surface area contributed by atoms with E-state index in [4.69, 9.17) is 0 Å². The van der Waals surface area contributed by atoms with Crippen molar-refractivity contribution in [2.45, 2.75) is 47.0 Å². The molecular weight excluding hydrogens is 222 g/mol. The third kappa shape index (κ3) is 1.66. The first kappa shape index (κ1) is 12.8. The molecule has 1 aromatic carbocycles. The minimum Gasteiger partial charge on any atom is -0.292 e. The second-order valence-electron chi connectivity index (χ2n) is 5.51. The van der Waals surface area contributed by atoms with Crippen LogP contribution in [0, 0.1) is 44.4 Å². The molecule has 0 atom stereocenters. The number of carbonyl (C=O) groups excluding carboxylic acids is 1. The van der Waals surface area contributed by atoms with Gasteiger partial charge in [-0.3, -0.25) is 4.79 Å². The number of carbonyl (C=O) groups is 1. The largest absolute Gasteiger partial charge is 0.292 e. The summed E-state index contributed by atoms with van der Waals surface area (Å²) in [4.78, 5) is 12.7. The summed E-state index contributed by atoms with van der Waals surface area (Å²) in [5, 5.41) is 9.32. The van der Waals surface area contributed by atoms with E-state index in [1.165, 1.54) is 0 Å². The van der Waals surface area contributed by atoms with Gasteiger partial charge in [0.15, 0.2) is 5.78 Å². The lowest BCUT2D eigenvalue weighted by atomic mass is 9.64. The van der Waals surface area contributed by atoms with Crippen LogP contribution in [-0.2, 0) is 0 Å². The fourth-order valence-corrected chi connectivity index (χ4v) is 2.72. The van der Waals surface area contributed by atoms with Crippen molar-refractivity contribution in [2.24, 2.45) is 5.41 Å².